The van der Waals surface area contributed by atoms with Gasteiger partial charge in [-0.25, -0.2) is 4.98 Å². The predicted molar refractivity (Wildman–Crippen MR) is 185 cm³/mol. The molecule has 2 aromatic heterocycles. The van der Waals surface area contributed by atoms with Crippen molar-refractivity contribution in [3.63, 3.8) is 0 Å². The number of esters is 1. The third-order valence-corrected chi connectivity index (χ3v) is 13.9. The summed E-state index contributed by atoms with van der Waals surface area (Å²) < 4.78 is 35.4. The van der Waals surface area contributed by atoms with Crippen LogP contribution in [0.2, 0.25) is 18.1 Å². The summed E-state index contributed by atoms with van der Waals surface area (Å²) in [6.45, 7) is 14.8. The minimum Gasteiger partial charge on any atom is -0.461 e. The smallest absolute Gasteiger partial charge is 0.312 e. The van der Waals surface area contributed by atoms with Crippen molar-refractivity contribution in [2.45, 2.75) is 161 Å². The summed E-state index contributed by atoms with van der Waals surface area (Å²) >= 11 is 0. The van der Waals surface area contributed by atoms with Crippen LogP contribution in [0, 0.1) is 18.4 Å². The number of nitrogens with one attached hydrogen (secondary N) is 1. The van der Waals surface area contributed by atoms with Crippen LogP contribution in [0.5, 0.6) is 0 Å². The zero-order chi connectivity index (χ0) is 34.7. The summed E-state index contributed by atoms with van der Waals surface area (Å²) in [5, 5.41) is 2.60. The number of hydrogen-bond donors (Lipinski definition) is 1. The van der Waals surface area contributed by atoms with E-state index in [1.54, 1.807) is 4.57 Å². The lowest BCUT2D eigenvalue weighted by atomic mass is 9.99. The van der Waals surface area contributed by atoms with Crippen molar-refractivity contribution in [2.75, 3.05) is 11.9 Å². The zero-order valence-corrected chi connectivity index (χ0v) is 30.6. The maximum Gasteiger partial charge on any atom is 0.312 e. The molecule has 10 nitrogen and oxygen atoms in total. The van der Waals surface area contributed by atoms with E-state index in [1.165, 1.54) is 25.6 Å². The highest BCUT2D eigenvalue weighted by Gasteiger charge is 2.54. The number of carbonyl (C=O) groups excluding carboxylic acids is 2. The number of fused-ring (bicyclic) bond motifs is 1. The Balaban J connectivity index is 1.81. The second-order valence-corrected chi connectivity index (χ2v) is 19.0. The van der Waals surface area contributed by atoms with Gasteiger partial charge in [-0.2, -0.15) is 14.4 Å². The number of imidazole rings is 1. The number of terminal acetylenes is 1. The molecule has 3 heterocycles. The van der Waals surface area contributed by atoms with Crippen LogP contribution < -0.4 is 5.32 Å². The normalized spacial score (nSPS) is 20.0. The van der Waals surface area contributed by atoms with Gasteiger partial charge in [-0.1, -0.05) is 98.3 Å². The minimum atomic E-state index is -2.36. The van der Waals surface area contributed by atoms with Crippen molar-refractivity contribution in [1.29, 1.82) is 0 Å². The average Bonchev–Trinajstić information content (AvgIpc) is 3.58. The van der Waals surface area contributed by atoms with Crippen LogP contribution in [0.15, 0.2) is 6.33 Å². The molecule has 1 saturated heterocycles. The van der Waals surface area contributed by atoms with Crippen LogP contribution in [-0.2, 0) is 23.5 Å². The van der Waals surface area contributed by atoms with E-state index in [4.69, 9.17) is 20.3 Å². The van der Waals surface area contributed by atoms with Crippen molar-refractivity contribution in [2.24, 2.45) is 0 Å². The Bertz CT molecular complexity index is 1370. The molecule has 47 heavy (non-hydrogen) atoms. The molecular weight excluding hydrogens is 617 g/mol. The standard InChI is InChI=1S/C35H56FN5O5Si/c1-9-12-14-16-17-18-19-21-27(42)38-31-30-32(40-33(36)39-31)41(25-37-30)28-23-26(46-47(7,8)34(4,5)6)35(11-3,45-28)24-44-29(43)22-20-15-13-10-2/h3,25-26,28H,9-10,12-24H2,1-2,4-8H3,(H,38,39,40,42)/t26-,28+,35+/m0/s1. The highest BCUT2D eigenvalue weighted by molar-refractivity contribution is 6.74. The molecule has 2 aromatic rings. The Kier molecular flexibility index (Phi) is 14.4. The molecule has 0 bridgehead atoms. The fourth-order valence-corrected chi connectivity index (χ4v) is 6.81. The molecule has 1 N–H and O–H groups in total. The molecule has 0 unspecified atom stereocenters. The van der Waals surface area contributed by atoms with Crippen LogP contribution >= 0.6 is 0 Å². The molecule has 262 valence electrons. The first kappa shape index (κ1) is 38.6. The Morgan fingerprint density at radius 2 is 1.68 bits per heavy atom. The largest absolute Gasteiger partial charge is 0.461 e. The number of unbranched alkanes of at least 4 members (excludes halogenated alkanes) is 9. The molecule has 0 spiro atoms. The van der Waals surface area contributed by atoms with Gasteiger partial charge in [0.2, 0.25) is 5.91 Å². The van der Waals surface area contributed by atoms with Crippen LogP contribution in [-0.4, -0.2) is 58.0 Å². The number of rotatable bonds is 19. The van der Waals surface area contributed by atoms with E-state index in [-0.39, 0.29) is 40.5 Å². The third kappa shape index (κ3) is 10.6. The molecule has 1 aliphatic heterocycles. The Morgan fingerprint density at radius 1 is 1.06 bits per heavy atom. The van der Waals surface area contributed by atoms with E-state index in [9.17, 15) is 14.0 Å². The van der Waals surface area contributed by atoms with Crippen LogP contribution in [0.25, 0.3) is 11.2 Å². The number of ether oxygens (including phenoxy) is 2. The maximum atomic E-state index is 14.8. The van der Waals surface area contributed by atoms with Gasteiger partial charge < -0.3 is 19.2 Å². The Labute approximate surface area is 281 Å². The first-order valence-electron chi connectivity index (χ1n) is 17.5. The van der Waals surface area contributed by atoms with E-state index in [1.807, 2.05) is 0 Å². The Hall–Kier alpha value is -2.88. The molecule has 0 aliphatic carbocycles. The minimum absolute atomic E-state index is 0.00600. The van der Waals surface area contributed by atoms with Crippen molar-refractivity contribution >= 4 is 37.2 Å². The van der Waals surface area contributed by atoms with Gasteiger partial charge in [-0.3, -0.25) is 14.2 Å². The molecule has 0 radical (unpaired) electrons. The monoisotopic (exact) mass is 673 g/mol. The number of amides is 1. The number of anilines is 1. The van der Waals surface area contributed by atoms with E-state index >= 15 is 0 Å². The van der Waals surface area contributed by atoms with Crippen LogP contribution in [0.3, 0.4) is 0 Å². The average molecular weight is 674 g/mol. The molecule has 1 aliphatic rings. The predicted octanol–water partition coefficient (Wildman–Crippen LogP) is 8.24. The molecule has 0 saturated carbocycles. The van der Waals surface area contributed by atoms with E-state index in [0.29, 0.717) is 19.3 Å². The highest BCUT2D eigenvalue weighted by atomic mass is 28.4. The van der Waals surface area contributed by atoms with Crippen LogP contribution in [0.1, 0.15) is 131 Å². The van der Waals surface area contributed by atoms with Gasteiger partial charge in [-0.15, -0.1) is 6.42 Å². The summed E-state index contributed by atoms with van der Waals surface area (Å²) in [4.78, 5) is 37.7. The molecule has 3 rings (SSSR count). The maximum absolute atomic E-state index is 14.8. The SMILES string of the molecule is C#C[C@]1(COC(=O)CCCCCC)O[C@@H](n2cnc3c(NC(=O)CCCCCCCCC)nc(F)nc32)C[C@@H]1O[Si](C)(C)C(C)(C)C. The van der Waals surface area contributed by atoms with E-state index in [2.05, 4.69) is 73.9 Å². The molecule has 1 fully saturated rings. The summed E-state index contributed by atoms with van der Waals surface area (Å²) in [7, 11) is -2.36. The zero-order valence-electron chi connectivity index (χ0n) is 29.6. The number of aromatic nitrogens is 4. The van der Waals surface area contributed by atoms with Gasteiger partial charge >= 0.3 is 12.0 Å². The van der Waals surface area contributed by atoms with Gasteiger partial charge in [0.1, 0.15) is 12.8 Å². The van der Waals surface area contributed by atoms with Crippen molar-refractivity contribution < 1.29 is 27.9 Å². The first-order chi connectivity index (χ1) is 22.3. The quantitative estimate of drug-likeness (QED) is 0.0521. The lowest BCUT2D eigenvalue weighted by Gasteiger charge is -2.41. The molecule has 1 amide bonds. The van der Waals surface area contributed by atoms with E-state index in [0.717, 1.165) is 51.4 Å². The molecule has 12 heteroatoms. The fourth-order valence-electron chi connectivity index (χ4n) is 5.46. The number of hydrogen-bond acceptors (Lipinski definition) is 8. The highest BCUT2D eigenvalue weighted by Crippen LogP contribution is 2.45. The summed E-state index contributed by atoms with van der Waals surface area (Å²) in [6, 6.07) is 0. The number of halogens is 1. The number of carbonyl (C=O) groups is 2. The van der Waals surface area contributed by atoms with Crippen molar-refractivity contribution in [3.8, 4) is 12.3 Å². The second-order valence-electron chi connectivity index (χ2n) is 14.3. The van der Waals surface area contributed by atoms with Gasteiger partial charge in [0.05, 0.1) is 12.4 Å². The topological polar surface area (TPSA) is 117 Å². The van der Waals surface area contributed by atoms with Gasteiger partial charge in [0.15, 0.2) is 30.9 Å². The van der Waals surface area contributed by atoms with Gasteiger partial charge in [0.25, 0.3) is 0 Å². The lowest BCUT2D eigenvalue weighted by molar-refractivity contribution is -0.156. The molecule has 3 atom stereocenters. The summed E-state index contributed by atoms with van der Waals surface area (Å²) in [5.74, 6) is 2.17. The number of nitrogens with zero attached hydrogens (tertiary/aromatic N) is 4. The van der Waals surface area contributed by atoms with Crippen molar-refractivity contribution in [1.82, 2.24) is 19.5 Å². The third-order valence-electron chi connectivity index (χ3n) is 9.42. The van der Waals surface area contributed by atoms with Gasteiger partial charge in [-0.05, 0) is 31.0 Å². The summed E-state index contributed by atoms with van der Waals surface area (Å²) in [5.41, 5.74) is -0.989. The lowest BCUT2D eigenvalue weighted by Crippen LogP contribution is -2.52. The molecule has 0 aromatic carbocycles. The first-order valence-corrected chi connectivity index (χ1v) is 20.4. The van der Waals surface area contributed by atoms with Gasteiger partial charge in [0, 0.05) is 19.3 Å². The van der Waals surface area contributed by atoms with Crippen LogP contribution in [0.4, 0.5) is 10.2 Å². The Morgan fingerprint density at radius 3 is 2.32 bits per heavy atom. The summed E-state index contributed by atoms with van der Waals surface area (Å²) in [6.07, 6.45) is 17.6. The van der Waals surface area contributed by atoms with E-state index < -0.39 is 32.3 Å². The molecular formula is C35H56FN5O5Si. The van der Waals surface area contributed by atoms with Crippen molar-refractivity contribution in [3.05, 3.63) is 12.4 Å². The fraction of sp³-hybridized carbons (Fsp3) is 0.743. The second kappa shape index (κ2) is 17.5.